The van der Waals surface area contributed by atoms with E-state index in [-0.39, 0.29) is 33.2 Å². The number of fused-ring (bicyclic) bond motifs is 3. The van der Waals surface area contributed by atoms with Crippen LogP contribution in [0.2, 0.25) is 0 Å². The Balaban J connectivity index is 2.31. The average molecular weight is 456 g/mol. The number of rotatable bonds is 6. The Morgan fingerprint density at radius 1 is 0.774 bits per heavy atom. The molecule has 160 valence electrons. The maximum Gasteiger partial charge on any atom is 0.211 e. The fourth-order valence-electron chi connectivity index (χ4n) is 3.76. The molecular formula is C23H21NO5S2. The van der Waals surface area contributed by atoms with E-state index in [1.165, 1.54) is 18.2 Å². The molecule has 0 N–H and O–H groups in total. The number of sulfone groups is 2. The molecule has 6 nitrogen and oxygen atoms in total. The third-order valence-electron chi connectivity index (χ3n) is 5.37. The largest absolute Gasteiger partial charge is 0.311 e. The maximum atomic E-state index is 13.5. The van der Waals surface area contributed by atoms with Crippen molar-refractivity contribution in [3.63, 3.8) is 0 Å². The van der Waals surface area contributed by atoms with Gasteiger partial charge in [0.1, 0.15) is 15.5 Å². The van der Waals surface area contributed by atoms with E-state index in [1.807, 2.05) is 12.1 Å². The molecule has 0 aliphatic carbocycles. The highest BCUT2D eigenvalue weighted by Crippen LogP contribution is 2.38. The zero-order valence-electron chi connectivity index (χ0n) is 17.1. The molecule has 0 bridgehead atoms. The Bertz CT molecular complexity index is 1530. The van der Waals surface area contributed by atoms with Crippen LogP contribution in [0.3, 0.4) is 0 Å². The van der Waals surface area contributed by atoms with Crippen LogP contribution in [0.5, 0.6) is 0 Å². The Morgan fingerprint density at radius 2 is 1.35 bits per heavy atom. The Morgan fingerprint density at radius 3 is 2.00 bits per heavy atom. The summed E-state index contributed by atoms with van der Waals surface area (Å²) in [5.41, 5.74) is 0.343. The van der Waals surface area contributed by atoms with Crippen molar-refractivity contribution in [3.05, 3.63) is 78.1 Å². The number of aromatic nitrogens is 1. The molecule has 0 fully saturated rings. The van der Waals surface area contributed by atoms with E-state index in [0.29, 0.717) is 5.39 Å². The number of carbonyl (C=O) groups excluding carboxylic acids is 1. The van der Waals surface area contributed by atoms with Crippen LogP contribution in [-0.2, 0) is 19.7 Å². The minimum Gasteiger partial charge on any atom is -0.311 e. The van der Waals surface area contributed by atoms with Crippen LogP contribution >= 0.6 is 0 Å². The second-order valence-electron chi connectivity index (χ2n) is 7.13. The summed E-state index contributed by atoms with van der Waals surface area (Å²) < 4.78 is 54.3. The van der Waals surface area contributed by atoms with Gasteiger partial charge >= 0.3 is 0 Å². The van der Waals surface area contributed by atoms with Crippen LogP contribution in [0, 0.1) is 0 Å². The van der Waals surface area contributed by atoms with Gasteiger partial charge in [-0.05, 0) is 11.5 Å². The first-order valence-corrected chi connectivity index (χ1v) is 13.1. The van der Waals surface area contributed by atoms with Crippen LogP contribution in [-0.4, -0.2) is 38.5 Å². The molecule has 4 aromatic rings. The molecule has 0 saturated carbocycles. The summed E-state index contributed by atoms with van der Waals surface area (Å²) in [6.07, 6.45) is 1.57. The van der Waals surface area contributed by atoms with Gasteiger partial charge < -0.3 is 4.40 Å². The third-order valence-corrected chi connectivity index (χ3v) is 9.06. The van der Waals surface area contributed by atoms with Crippen LogP contribution in [0.15, 0.2) is 76.7 Å². The van der Waals surface area contributed by atoms with Crippen molar-refractivity contribution in [1.82, 2.24) is 4.40 Å². The summed E-state index contributed by atoms with van der Waals surface area (Å²) in [4.78, 5) is 12.8. The molecule has 0 aliphatic heterocycles. The molecule has 31 heavy (non-hydrogen) atoms. The van der Waals surface area contributed by atoms with E-state index in [0.717, 1.165) is 5.39 Å². The summed E-state index contributed by atoms with van der Waals surface area (Å²) in [6, 6.07) is 17.1. The highest BCUT2D eigenvalue weighted by atomic mass is 32.2. The first-order valence-electron chi connectivity index (χ1n) is 9.84. The lowest BCUT2D eigenvalue weighted by Crippen LogP contribution is -2.15. The number of carbonyl (C=O) groups is 1. The first-order chi connectivity index (χ1) is 14.7. The smallest absolute Gasteiger partial charge is 0.211 e. The SMILES string of the molecule is CCS(=O)(=O)c1c(S(=O)(=O)CC)c2c3ccccc3ccn2c1C(=O)c1ccccc1. The first kappa shape index (κ1) is 21.3. The van der Waals surface area contributed by atoms with Gasteiger partial charge in [-0.15, -0.1) is 0 Å². The fraction of sp³-hybridized carbons (Fsp3) is 0.174. The van der Waals surface area contributed by atoms with Gasteiger partial charge in [0, 0.05) is 17.1 Å². The summed E-state index contributed by atoms with van der Waals surface area (Å²) in [7, 11) is -8.04. The van der Waals surface area contributed by atoms with E-state index in [1.54, 1.807) is 54.7 Å². The van der Waals surface area contributed by atoms with Crippen molar-refractivity contribution in [3.8, 4) is 0 Å². The van der Waals surface area contributed by atoms with Gasteiger partial charge in [-0.2, -0.15) is 0 Å². The molecule has 2 heterocycles. The van der Waals surface area contributed by atoms with Gasteiger partial charge in [0.05, 0.1) is 17.0 Å². The zero-order chi connectivity index (χ0) is 22.4. The van der Waals surface area contributed by atoms with Gasteiger partial charge in [-0.1, -0.05) is 68.4 Å². The van der Waals surface area contributed by atoms with Crippen molar-refractivity contribution >= 4 is 41.7 Å². The number of ketones is 1. The number of hydrogen-bond acceptors (Lipinski definition) is 5. The molecule has 0 saturated heterocycles. The number of benzene rings is 2. The van der Waals surface area contributed by atoms with Gasteiger partial charge in [0.25, 0.3) is 0 Å². The lowest BCUT2D eigenvalue weighted by Gasteiger charge is -2.08. The highest BCUT2D eigenvalue weighted by Gasteiger charge is 2.37. The molecule has 4 rings (SSSR count). The second-order valence-corrected chi connectivity index (χ2v) is 11.6. The van der Waals surface area contributed by atoms with Crippen molar-refractivity contribution in [2.24, 2.45) is 0 Å². The van der Waals surface area contributed by atoms with Crippen LogP contribution < -0.4 is 0 Å². The molecule has 2 aromatic carbocycles. The Labute approximate surface area is 181 Å². The van der Waals surface area contributed by atoms with Crippen molar-refractivity contribution in [2.75, 3.05) is 11.5 Å². The molecular weight excluding hydrogens is 434 g/mol. The summed E-state index contributed by atoms with van der Waals surface area (Å²) >= 11 is 0. The number of nitrogens with zero attached hydrogens (tertiary/aromatic N) is 1. The van der Waals surface area contributed by atoms with Crippen molar-refractivity contribution in [1.29, 1.82) is 0 Å². The second kappa shape index (κ2) is 7.62. The topological polar surface area (TPSA) is 89.8 Å². The van der Waals surface area contributed by atoms with Gasteiger partial charge in [-0.3, -0.25) is 4.79 Å². The molecule has 0 radical (unpaired) electrons. The van der Waals surface area contributed by atoms with Crippen LogP contribution in [0.1, 0.15) is 29.9 Å². The monoisotopic (exact) mass is 455 g/mol. The molecule has 2 aromatic heterocycles. The molecule has 0 unspecified atom stereocenters. The van der Waals surface area contributed by atoms with E-state index >= 15 is 0 Å². The van der Waals surface area contributed by atoms with Crippen molar-refractivity contribution < 1.29 is 21.6 Å². The zero-order valence-corrected chi connectivity index (χ0v) is 18.7. The summed E-state index contributed by atoms with van der Waals surface area (Å²) in [6.45, 7) is 2.90. The van der Waals surface area contributed by atoms with Gasteiger partial charge in [-0.25, -0.2) is 16.8 Å². The van der Waals surface area contributed by atoms with Crippen LogP contribution in [0.4, 0.5) is 0 Å². The highest BCUT2D eigenvalue weighted by molar-refractivity contribution is 7.94. The summed E-state index contributed by atoms with van der Waals surface area (Å²) in [5.74, 6) is -1.17. The third kappa shape index (κ3) is 3.36. The molecule has 0 amide bonds. The lowest BCUT2D eigenvalue weighted by molar-refractivity contribution is 0.103. The maximum absolute atomic E-state index is 13.5. The Hall–Kier alpha value is -2.97. The van der Waals surface area contributed by atoms with E-state index in [2.05, 4.69) is 0 Å². The molecule has 0 aliphatic rings. The Kier molecular flexibility index (Phi) is 5.23. The van der Waals surface area contributed by atoms with Gasteiger partial charge in [0.15, 0.2) is 19.7 Å². The minimum atomic E-state index is -4.06. The molecule has 0 atom stereocenters. The van der Waals surface area contributed by atoms with E-state index in [9.17, 15) is 21.6 Å². The van der Waals surface area contributed by atoms with E-state index < -0.39 is 30.4 Å². The predicted octanol–water partition coefficient (Wildman–Crippen LogP) is 3.91. The fourth-order valence-corrected chi connectivity index (χ4v) is 6.85. The number of hydrogen-bond donors (Lipinski definition) is 0. The van der Waals surface area contributed by atoms with Gasteiger partial charge in [0.2, 0.25) is 5.78 Å². The molecule has 0 spiro atoms. The normalized spacial score (nSPS) is 12.5. The van der Waals surface area contributed by atoms with Crippen molar-refractivity contribution in [2.45, 2.75) is 23.6 Å². The quantitative estimate of drug-likeness (QED) is 0.411. The predicted molar refractivity (Wildman–Crippen MR) is 120 cm³/mol. The van der Waals surface area contributed by atoms with Crippen LogP contribution in [0.25, 0.3) is 16.3 Å². The van der Waals surface area contributed by atoms with E-state index in [4.69, 9.17) is 0 Å². The average Bonchev–Trinajstić information content (AvgIpc) is 3.16. The standard InChI is InChI=1S/C23H21NO5S2/c1-3-30(26,27)22-19-18-13-9-8-10-16(18)14-15-24(19)20(23(22)31(28,29)4-2)21(25)17-11-6-5-7-12-17/h5-15H,3-4H2,1-2H3. The molecule has 8 heteroatoms. The summed E-state index contributed by atoms with van der Waals surface area (Å²) in [5, 5.41) is 1.32. The lowest BCUT2D eigenvalue weighted by atomic mass is 10.1. The number of pyridine rings is 1. The minimum absolute atomic E-state index is 0.152.